The normalized spacial score (nSPS) is 12.5. The number of anilines is 1. The molecular weight excluding hydrogens is 454 g/mol. The molecule has 178 valence electrons. The summed E-state index contributed by atoms with van der Waals surface area (Å²) in [7, 11) is 0. The number of nitrogens with one attached hydrogen (secondary N) is 3. The van der Waals surface area contributed by atoms with Gasteiger partial charge in [-0.2, -0.15) is 11.8 Å². The van der Waals surface area contributed by atoms with Gasteiger partial charge in [0.05, 0.1) is 12.4 Å². The molecule has 9 nitrogen and oxygen atoms in total. The van der Waals surface area contributed by atoms with E-state index >= 15 is 0 Å². The summed E-state index contributed by atoms with van der Waals surface area (Å²) in [5.74, 6) is -1.36. The summed E-state index contributed by atoms with van der Waals surface area (Å²) in [4.78, 5) is 44.1. The second kappa shape index (κ2) is 12.0. The second-order valence-corrected chi connectivity index (χ2v) is 8.63. The predicted octanol–water partition coefficient (Wildman–Crippen LogP) is 2.52. The molecule has 0 fully saturated rings. The van der Waals surface area contributed by atoms with Gasteiger partial charge in [-0.25, -0.2) is 9.78 Å². The molecule has 2 atom stereocenters. The zero-order chi connectivity index (χ0) is 24.5. The van der Waals surface area contributed by atoms with E-state index in [-0.39, 0.29) is 5.91 Å². The fraction of sp³-hybridized carbons (Fsp3) is 0.250. The third-order valence-corrected chi connectivity index (χ3v) is 5.81. The summed E-state index contributed by atoms with van der Waals surface area (Å²) in [6, 6.07) is 12.3. The summed E-state index contributed by atoms with van der Waals surface area (Å²) in [6.07, 6.45) is 5.61. The van der Waals surface area contributed by atoms with E-state index in [4.69, 9.17) is 5.73 Å². The maximum atomic E-state index is 13.0. The van der Waals surface area contributed by atoms with Crippen LogP contribution in [0.5, 0.6) is 0 Å². The van der Waals surface area contributed by atoms with E-state index in [2.05, 4.69) is 20.6 Å². The molecule has 2 amide bonds. The number of carboxylic acid groups (broad SMARTS) is 1. The van der Waals surface area contributed by atoms with E-state index in [1.165, 1.54) is 18.1 Å². The van der Waals surface area contributed by atoms with Crippen LogP contribution in [0.25, 0.3) is 11.1 Å². The average Bonchev–Trinajstić information content (AvgIpc) is 3.35. The molecule has 1 aromatic heterocycles. The lowest BCUT2D eigenvalue weighted by Gasteiger charge is -2.17. The van der Waals surface area contributed by atoms with Gasteiger partial charge in [-0.15, -0.1) is 0 Å². The fourth-order valence-corrected chi connectivity index (χ4v) is 3.84. The Morgan fingerprint density at radius 1 is 1.18 bits per heavy atom. The molecule has 0 saturated heterocycles. The molecule has 0 radical (unpaired) electrons. The number of thioether (sulfide) groups is 1. The van der Waals surface area contributed by atoms with Gasteiger partial charge < -0.3 is 26.5 Å². The molecule has 2 aromatic carbocycles. The first-order valence-electron chi connectivity index (χ1n) is 10.6. The number of hydrogen-bond donors (Lipinski definition) is 5. The lowest BCUT2D eigenvalue weighted by atomic mass is 9.97. The first-order chi connectivity index (χ1) is 16.4. The molecule has 6 N–H and O–H groups in total. The van der Waals surface area contributed by atoms with Crippen LogP contribution in [0.3, 0.4) is 0 Å². The van der Waals surface area contributed by atoms with Gasteiger partial charge in [-0.05, 0) is 47.8 Å². The van der Waals surface area contributed by atoms with Gasteiger partial charge in [0.25, 0.3) is 5.91 Å². The number of carbonyl (C=O) groups excluding carboxylic acids is 2. The first-order valence-corrected chi connectivity index (χ1v) is 12.0. The Bertz CT molecular complexity index is 1120. The topological polar surface area (TPSA) is 150 Å². The molecule has 34 heavy (non-hydrogen) atoms. The number of H-pyrrole nitrogens is 1. The molecule has 0 aliphatic rings. The Hall–Kier alpha value is -3.63. The molecule has 0 spiro atoms. The van der Waals surface area contributed by atoms with Crippen molar-refractivity contribution in [1.29, 1.82) is 0 Å². The standard InChI is InChI=1S/C24H27N5O4S/c1-34-10-9-21(24(32)33)29-22(30)18-8-7-16(11-19(18)15-5-3-2-4-6-15)28-23(31)20(25)12-17-13-26-14-27-17/h2-8,11,13-14,20-21H,9-10,12,25H2,1H3,(H,26,27)(H,28,31)(H,29,30)(H,32,33). The highest BCUT2D eigenvalue weighted by molar-refractivity contribution is 7.98. The van der Waals surface area contributed by atoms with Crippen molar-refractivity contribution >= 4 is 35.2 Å². The molecule has 0 aliphatic heterocycles. The van der Waals surface area contributed by atoms with Crippen molar-refractivity contribution in [3.63, 3.8) is 0 Å². The summed E-state index contributed by atoms with van der Waals surface area (Å²) in [5, 5.41) is 14.9. The van der Waals surface area contributed by atoms with E-state index in [1.54, 1.807) is 24.4 Å². The molecule has 0 saturated carbocycles. The molecular formula is C24H27N5O4S. The minimum Gasteiger partial charge on any atom is -0.480 e. The largest absolute Gasteiger partial charge is 0.480 e. The highest BCUT2D eigenvalue weighted by atomic mass is 32.2. The maximum Gasteiger partial charge on any atom is 0.326 e. The van der Waals surface area contributed by atoms with Gasteiger partial charge in [0.15, 0.2) is 0 Å². The van der Waals surface area contributed by atoms with Crippen LogP contribution < -0.4 is 16.4 Å². The van der Waals surface area contributed by atoms with Crippen molar-refractivity contribution < 1.29 is 19.5 Å². The van der Waals surface area contributed by atoms with Crippen LogP contribution in [0.1, 0.15) is 22.5 Å². The lowest BCUT2D eigenvalue weighted by molar-refractivity contribution is -0.139. The number of nitrogens with zero attached hydrogens (tertiary/aromatic N) is 1. The highest BCUT2D eigenvalue weighted by Crippen LogP contribution is 2.27. The van der Waals surface area contributed by atoms with Crippen molar-refractivity contribution in [3.8, 4) is 11.1 Å². The summed E-state index contributed by atoms with van der Waals surface area (Å²) < 4.78 is 0. The Balaban J connectivity index is 1.84. The zero-order valence-corrected chi connectivity index (χ0v) is 19.5. The Kier molecular flexibility index (Phi) is 8.83. The van der Waals surface area contributed by atoms with Crippen LogP contribution in [-0.4, -0.2) is 57.0 Å². The van der Waals surface area contributed by atoms with Crippen LogP contribution in [-0.2, 0) is 16.0 Å². The smallest absolute Gasteiger partial charge is 0.326 e. The Morgan fingerprint density at radius 3 is 2.59 bits per heavy atom. The maximum absolute atomic E-state index is 13.0. The lowest BCUT2D eigenvalue weighted by Crippen LogP contribution is -2.41. The minimum absolute atomic E-state index is 0.296. The van der Waals surface area contributed by atoms with Gasteiger partial charge in [-0.1, -0.05) is 30.3 Å². The van der Waals surface area contributed by atoms with Gasteiger partial charge in [0, 0.05) is 29.6 Å². The van der Waals surface area contributed by atoms with E-state index in [0.29, 0.717) is 35.4 Å². The number of amides is 2. The van der Waals surface area contributed by atoms with E-state index in [9.17, 15) is 19.5 Å². The number of aromatic nitrogens is 2. The van der Waals surface area contributed by atoms with E-state index in [0.717, 1.165) is 11.3 Å². The third kappa shape index (κ3) is 6.69. The number of carbonyl (C=O) groups is 3. The van der Waals surface area contributed by atoms with E-state index < -0.39 is 24.0 Å². The minimum atomic E-state index is -1.08. The quantitative estimate of drug-likeness (QED) is 0.282. The van der Waals surface area contributed by atoms with Crippen LogP contribution in [0, 0.1) is 0 Å². The number of imidazole rings is 1. The molecule has 3 aromatic rings. The molecule has 0 aliphatic carbocycles. The first kappa shape index (κ1) is 25.0. The molecule has 0 bridgehead atoms. The number of rotatable bonds is 11. The zero-order valence-electron chi connectivity index (χ0n) is 18.7. The van der Waals surface area contributed by atoms with Crippen LogP contribution in [0.15, 0.2) is 61.1 Å². The molecule has 2 unspecified atom stereocenters. The summed E-state index contributed by atoms with van der Waals surface area (Å²) in [6.45, 7) is 0. The van der Waals surface area contributed by atoms with Crippen LogP contribution in [0.2, 0.25) is 0 Å². The van der Waals surface area contributed by atoms with Gasteiger partial charge in [0.2, 0.25) is 5.91 Å². The highest BCUT2D eigenvalue weighted by Gasteiger charge is 2.23. The third-order valence-electron chi connectivity index (χ3n) is 5.16. The SMILES string of the molecule is CSCCC(NC(=O)c1ccc(NC(=O)C(N)Cc2cnc[nH]2)cc1-c1ccccc1)C(=O)O. The average molecular weight is 482 g/mol. The molecule has 1 heterocycles. The monoisotopic (exact) mass is 481 g/mol. The second-order valence-electron chi connectivity index (χ2n) is 7.65. The number of aliphatic carboxylic acids is 1. The van der Waals surface area contributed by atoms with Gasteiger partial charge in [-0.3, -0.25) is 9.59 Å². The van der Waals surface area contributed by atoms with Crippen molar-refractivity contribution in [2.45, 2.75) is 24.9 Å². The van der Waals surface area contributed by atoms with Crippen LogP contribution >= 0.6 is 11.8 Å². The van der Waals surface area contributed by atoms with E-state index in [1.807, 2.05) is 36.6 Å². The van der Waals surface area contributed by atoms with Crippen molar-refractivity contribution in [1.82, 2.24) is 15.3 Å². The fourth-order valence-electron chi connectivity index (χ4n) is 3.37. The van der Waals surface area contributed by atoms with Crippen molar-refractivity contribution in [2.75, 3.05) is 17.3 Å². The molecule has 10 heteroatoms. The number of benzene rings is 2. The number of hydrogen-bond acceptors (Lipinski definition) is 6. The number of carboxylic acids is 1. The van der Waals surface area contributed by atoms with Crippen molar-refractivity contribution in [3.05, 3.63) is 72.3 Å². The number of aromatic amines is 1. The predicted molar refractivity (Wildman–Crippen MR) is 133 cm³/mol. The summed E-state index contributed by atoms with van der Waals surface area (Å²) in [5.41, 5.74) is 8.86. The molecule has 3 rings (SSSR count). The van der Waals surface area contributed by atoms with Crippen LogP contribution in [0.4, 0.5) is 5.69 Å². The summed E-state index contributed by atoms with van der Waals surface area (Å²) >= 11 is 1.51. The van der Waals surface area contributed by atoms with Crippen molar-refractivity contribution in [2.24, 2.45) is 5.73 Å². The van der Waals surface area contributed by atoms with Gasteiger partial charge in [0.1, 0.15) is 6.04 Å². The van der Waals surface area contributed by atoms with Gasteiger partial charge >= 0.3 is 5.97 Å². The Morgan fingerprint density at radius 2 is 1.94 bits per heavy atom. The Labute approximate surface area is 201 Å². The number of nitrogens with two attached hydrogens (primary N) is 1.